The number of nitrogens with zero attached hydrogens (tertiary/aromatic N) is 5. The van der Waals surface area contributed by atoms with Crippen molar-refractivity contribution in [1.82, 2.24) is 24.9 Å². The third kappa shape index (κ3) is 3.03. The van der Waals surface area contributed by atoms with Gasteiger partial charge in [-0.3, -0.25) is 9.69 Å². The maximum Gasteiger partial charge on any atom is 0.267 e. The molecular formula is C17H21N5O. The number of hydrogen-bond acceptors (Lipinski definition) is 5. The number of hydrogen-bond donors (Lipinski definition) is 0. The van der Waals surface area contributed by atoms with Crippen LogP contribution in [-0.2, 0) is 25.9 Å². The molecular weight excluding hydrogens is 290 g/mol. The molecule has 0 bridgehead atoms. The molecule has 0 aromatic carbocycles. The summed E-state index contributed by atoms with van der Waals surface area (Å²) in [5.41, 5.74) is 3.48. The number of fused-ring (bicyclic) bond motifs is 1. The Kier molecular flexibility index (Phi) is 3.91. The monoisotopic (exact) mass is 311 g/mol. The minimum Gasteiger partial charge on any atom is -0.294 e. The molecule has 0 radical (unpaired) electrons. The SMILES string of the molecule is O=c1cc2c(nn1CC1CCCN1Cc1ccnnc1)CCC2. The van der Waals surface area contributed by atoms with Gasteiger partial charge in [0.2, 0.25) is 0 Å². The second kappa shape index (κ2) is 6.20. The van der Waals surface area contributed by atoms with E-state index in [0.717, 1.165) is 50.0 Å². The van der Waals surface area contributed by atoms with Crippen molar-refractivity contribution in [3.8, 4) is 0 Å². The Balaban J connectivity index is 1.50. The van der Waals surface area contributed by atoms with E-state index < -0.39 is 0 Å². The lowest BCUT2D eigenvalue weighted by Crippen LogP contribution is -2.37. The van der Waals surface area contributed by atoms with E-state index in [-0.39, 0.29) is 5.56 Å². The second-order valence-electron chi connectivity index (χ2n) is 6.51. The highest BCUT2D eigenvalue weighted by Crippen LogP contribution is 2.21. The number of likely N-dealkylation sites (tertiary alicyclic amines) is 1. The van der Waals surface area contributed by atoms with Crippen molar-refractivity contribution >= 4 is 0 Å². The van der Waals surface area contributed by atoms with E-state index in [9.17, 15) is 4.79 Å². The molecule has 120 valence electrons. The molecule has 3 heterocycles. The molecule has 2 aromatic heterocycles. The maximum atomic E-state index is 12.3. The van der Waals surface area contributed by atoms with E-state index in [2.05, 4.69) is 20.2 Å². The van der Waals surface area contributed by atoms with Crippen LogP contribution in [0, 0.1) is 0 Å². The van der Waals surface area contributed by atoms with Gasteiger partial charge in [-0.2, -0.15) is 15.3 Å². The highest BCUT2D eigenvalue weighted by molar-refractivity contribution is 5.22. The lowest BCUT2D eigenvalue weighted by atomic mass is 10.2. The van der Waals surface area contributed by atoms with Gasteiger partial charge in [-0.05, 0) is 55.8 Å². The van der Waals surface area contributed by atoms with Crippen LogP contribution in [0.3, 0.4) is 0 Å². The van der Waals surface area contributed by atoms with E-state index in [0.29, 0.717) is 12.6 Å². The summed E-state index contributed by atoms with van der Waals surface area (Å²) in [5, 5.41) is 12.4. The van der Waals surface area contributed by atoms with Crippen LogP contribution in [0.5, 0.6) is 0 Å². The van der Waals surface area contributed by atoms with Gasteiger partial charge in [0.05, 0.1) is 18.4 Å². The first kappa shape index (κ1) is 14.5. The first-order chi connectivity index (χ1) is 11.3. The molecule has 1 aliphatic carbocycles. The van der Waals surface area contributed by atoms with Crippen molar-refractivity contribution in [1.29, 1.82) is 0 Å². The van der Waals surface area contributed by atoms with Gasteiger partial charge in [-0.15, -0.1) is 0 Å². The van der Waals surface area contributed by atoms with Gasteiger partial charge >= 0.3 is 0 Å². The highest BCUT2D eigenvalue weighted by atomic mass is 16.1. The fourth-order valence-electron chi connectivity index (χ4n) is 3.73. The van der Waals surface area contributed by atoms with Crippen molar-refractivity contribution in [2.24, 2.45) is 0 Å². The van der Waals surface area contributed by atoms with Crippen LogP contribution in [0.2, 0.25) is 0 Å². The summed E-state index contributed by atoms with van der Waals surface area (Å²) < 4.78 is 1.68. The zero-order chi connectivity index (χ0) is 15.6. The molecule has 1 atom stereocenters. The van der Waals surface area contributed by atoms with Crippen molar-refractivity contribution in [2.75, 3.05) is 6.54 Å². The average Bonchev–Trinajstić information content (AvgIpc) is 3.18. The molecule has 0 saturated carbocycles. The molecule has 0 N–H and O–H groups in total. The minimum absolute atomic E-state index is 0.0445. The third-order valence-corrected chi connectivity index (χ3v) is 4.94. The minimum atomic E-state index is 0.0445. The normalized spacial score (nSPS) is 20.8. The lowest BCUT2D eigenvalue weighted by molar-refractivity contribution is 0.216. The van der Waals surface area contributed by atoms with Crippen LogP contribution in [-0.4, -0.2) is 37.5 Å². The zero-order valence-electron chi connectivity index (χ0n) is 13.2. The molecule has 2 aliphatic rings. The Bertz CT molecular complexity index is 742. The lowest BCUT2D eigenvalue weighted by Gasteiger charge is -2.24. The molecule has 6 nitrogen and oxygen atoms in total. The second-order valence-corrected chi connectivity index (χ2v) is 6.51. The summed E-state index contributed by atoms with van der Waals surface area (Å²) in [6.07, 6.45) is 8.96. The van der Waals surface area contributed by atoms with Crippen LogP contribution < -0.4 is 5.56 Å². The van der Waals surface area contributed by atoms with Gasteiger partial charge in [0.1, 0.15) is 0 Å². The third-order valence-electron chi connectivity index (χ3n) is 4.94. The summed E-state index contributed by atoms with van der Waals surface area (Å²) in [5.74, 6) is 0. The molecule has 6 heteroatoms. The molecule has 23 heavy (non-hydrogen) atoms. The standard InChI is InChI=1S/C17H21N5O/c23-17-9-14-3-1-5-16(14)20-22(17)12-15-4-2-8-21(15)11-13-6-7-18-19-10-13/h6-7,9-10,15H,1-5,8,11-12H2. The van der Waals surface area contributed by atoms with Crippen LogP contribution in [0.1, 0.15) is 36.1 Å². The first-order valence-electron chi connectivity index (χ1n) is 8.39. The van der Waals surface area contributed by atoms with Gasteiger partial charge < -0.3 is 0 Å². The molecule has 1 unspecified atom stereocenters. The zero-order valence-corrected chi connectivity index (χ0v) is 13.2. The predicted molar refractivity (Wildman–Crippen MR) is 86.0 cm³/mol. The Hall–Kier alpha value is -2.08. The summed E-state index contributed by atoms with van der Waals surface area (Å²) in [4.78, 5) is 14.7. The molecule has 2 aromatic rings. The Labute approximate surface area is 135 Å². The molecule has 1 fully saturated rings. The molecule has 4 rings (SSSR count). The van der Waals surface area contributed by atoms with Crippen LogP contribution in [0.15, 0.2) is 29.3 Å². The summed E-state index contributed by atoms with van der Waals surface area (Å²) in [7, 11) is 0. The number of aryl methyl sites for hydroxylation is 2. The largest absolute Gasteiger partial charge is 0.294 e. The van der Waals surface area contributed by atoms with Crippen molar-refractivity contribution in [3.05, 3.63) is 51.7 Å². The van der Waals surface area contributed by atoms with Gasteiger partial charge in [0.25, 0.3) is 5.56 Å². The van der Waals surface area contributed by atoms with Crippen molar-refractivity contribution in [3.63, 3.8) is 0 Å². The molecule has 0 spiro atoms. The maximum absolute atomic E-state index is 12.3. The van der Waals surface area contributed by atoms with Crippen molar-refractivity contribution < 1.29 is 0 Å². The van der Waals surface area contributed by atoms with E-state index in [1.165, 1.54) is 12.0 Å². The smallest absolute Gasteiger partial charge is 0.267 e. The van der Waals surface area contributed by atoms with Gasteiger partial charge in [0.15, 0.2) is 0 Å². The molecule has 1 aliphatic heterocycles. The topological polar surface area (TPSA) is 63.9 Å². The predicted octanol–water partition coefficient (Wildman–Crippen LogP) is 1.19. The van der Waals surface area contributed by atoms with E-state index in [1.54, 1.807) is 16.9 Å². The first-order valence-corrected chi connectivity index (χ1v) is 8.39. The van der Waals surface area contributed by atoms with Crippen LogP contribution in [0.4, 0.5) is 0 Å². The van der Waals surface area contributed by atoms with Crippen molar-refractivity contribution in [2.45, 2.75) is 51.2 Å². The average molecular weight is 311 g/mol. The fraction of sp³-hybridized carbons (Fsp3) is 0.529. The highest BCUT2D eigenvalue weighted by Gasteiger charge is 2.26. The Morgan fingerprint density at radius 3 is 3.04 bits per heavy atom. The Morgan fingerprint density at radius 1 is 1.22 bits per heavy atom. The van der Waals surface area contributed by atoms with E-state index >= 15 is 0 Å². The fourth-order valence-corrected chi connectivity index (χ4v) is 3.73. The van der Waals surface area contributed by atoms with E-state index in [4.69, 9.17) is 0 Å². The molecule has 0 amide bonds. The quantitative estimate of drug-likeness (QED) is 0.848. The Morgan fingerprint density at radius 2 is 2.17 bits per heavy atom. The number of aromatic nitrogens is 4. The summed E-state index contributed by atoms with van der Waals surface area (Å²) >= 11 is 0. The van der Waals surface area contributed by atoms with Gasteiger partial charge in [-0.25, -0.2) is 4.68 Å². The van der Waals surface area contributed by atoms with Crippen LogP contribution >= 0.6 is 0 Å². The van der Waals surface area contributed by atoms with E-state index in [1.807, 2.05) is 12.3 Å². The number of rotatable bonds is 4. The van der Waals surface area contributed by atoms with Gasteiger partial charge in [0, 0.05) is 24.8 Å². The molecule has 1 saturated heterocycles. The van der Waals surface area contributed by atoms with Gasteiger partial charge in [-0.1, -0.05) is 0 Å². The summed E-state index contributed by atoms with van der Waals surface area (Å²) in [6.45, 7) is 2.61. The summed E-state index contributed by atoms with van der Waals surface area (Å²) in [6, 6.07) is 4.16. The van der Waals surface area contributed by atoms with Crippen LogP contribution in [0.25, 0.3) is 0 Å².